The van der Waals surface area contributed by atoms with Crippen LogP contribution in [0.1, 0.15) is 28.4 Å². The number of hydrogen-bond donors (Lipinski definition) is 1. The van der Waals surface area contributed by atoms with Gasteiger partial charge in [-0.1, -0.05) is 36.7 Å². The number of anilines is 1. The Balaban J connectivity index is 2.35. The van der Waals surface area contributed by atoms with Crippen LogP contribution in [0.15, 0.2) is 36.4 Å². The highest BCUT2D eigenvalue weighted by Gasteiger charge is 2.13. The molecule has 0 bridgehead atoms. The van der Waals surface area contributed by atoms with Crippen LogP contribution in [0, 0.1) is 10.5 Å². The number of carbonyl (C=O) groups excluding carboxylic acids is 1. The fourth-order valence-electron chi connectivity index (χ4n) is 2.05. The van der Waals surface area contributed by atoms with E-state index in [1.54, 1.807) is 12.1 Å². The van der Waals surface area contributed by atoms with E-state index in [2.05, 4.69) is 34.8 Å². The van der Waals surface area contributed by atoms with Crippen LogP contribution in [-0.2, 0) is 6.42 Å². The fraction of sp³-hybridized carbons (Fsp3) is 0.188. The number of nitrogens with one attached hydrogen (secondary N) is 1. The van der Waals surface area contributed by atoms with Crippen molar-refractivity contribution >= 4 is 45.8 Å². The SMILES string of the molecule is CCc1cccc(C)c1NC(=O)c1cc(I)ccc1Cl. The highest BCUT2D eigenvalue weighted by Crippen LogP contribution is 2.24. The summed E-state index contributed by atoms with van der Waals surface area (Å²) in [5.74, 6) is -0.169. The lowest BCUT2D eigenvalue weighted by Gasteiger charge is -2.13. The summed E-state index contributed by atoms with van der Waals surface area (Å²) < 4.78 is 0.984. The molecule has 2 aromatic rings. The van der Waals surface area contributed by atoms with Gasteiger partial charge in [0.05, 0.1) is 10.6 Å². The number of halogens is 2. The molecule has 0 saturated carbocycles. The van der Waals surface area contributed by atoms with Crippen LogP contribution in [0.2, 0.25) is 5.02 Å². The van der Waals surface area contributed by atoms with Crippen molar-refractivity contribution in [1.29, 1.82) is 0 Å². The van der Waals surface area contributed by atoms with Gasteiger partial charge in [-0.15, -0.1) is 0 Å². The molecule has 20 heavy (non-hydrogen) atoms. The molecule has 0 aliphatic rings. The van der Waals surface area contributed by atoms with Gasteiger partial charge >= 0.3 is 0 Å². The van der Waals surface area contributed by atoms with Crippen LogP contribution in [0.4, 0.5) is 5.69 Å². The third kappa shape index (κ3) is 3.33. The molecule has 2 rings (SSSR count). The molecule has 104 valence electrons. The van der Waals surface area contributed by atoms with E-state index < -0.39 is 0 Å². The predicted molar refractivity (Wildman–Crippen MR) is 92.7 cm³/mol. The summed E-state index contributed by atoms with van der Waals surface area (Å²) in [6, 6.07) is 11.4. The molecular weight excluding hydrogens is 385 g/mol. The van der Waals surface area contributed by atoms with Gasteiger partial charge in [-0.05, 0) is 65.3 Å². The molecular formula is C16H15ClINO. The van der Waals surface area contributed by atoms with E-state index in [0.717, 1.165) is 26.8 Å². The lowest BCUT2D eigenvalue weighted by atomic mass is 10.1. The highest BCUT2D eigenvalue weighted by molar-refractivity contribution is 14.1. The van der Waals surface area contributed by atoms with Gasteiger partial charge in [0.2, 0.25) is 0 Å². The van der Waals surface area contributed by atoms with Crippen LogP contribution in [0.5, 0.6) is 0 Å². The van der Waals surface area contributed by atoms with Crippen molar-refractivity contribution in [2.75, 3.05) is 5.32 Å². The third-order valence-corrected chi connectivity index (χ3v) is 4.15. The topological polar surface area (TPSA) is 29.1 Å². The van der Waals surface area contributed by atoms with Crippen molar-refractivity contribution in [2.24, 2.45) is 0 Å². The highest BCUT2D eigenvalue weighted by atomic mass is 127. The standard InChI is InChI=1S/C16H15ClINO/c1-3-11-6-4-5-10(2)15(11)19-16(20)13-9-12(18)7-8-14(13)17/h4-9H,3H2,1-2H3,(H,19,20). The molecule has 0 aliphatic carbocycles. The van der Waals surface area contributed by atoms with Crippen molar-refractivity contribution < 1.29 is 4.79 Å². The smallest absolute Gasteiger partial charge is 0.257 e. The number of hydrogen-bond acceptors (Lipinski definition) is 1. The summed E-state index contributed by atoms with van der Waals surface area (Å²) in [4.78, 5) is 12.4. The van der Waals surface area contributed by atoms with E-state index in [0.29, 0.717) is 10.6 Å². The lowest BCUT2D eigenvalue weighted by molar-refractivity contribution is 0.102. The Kier molecular flexibility index (Phi) is 5.05. The molecule has 0 aromatic heterocycles. The van der Waals surface area contributed by atoms with E-state index in [9.17, 15) is 4.79 Å². The minimum Gasteiger partial charge on any atom is -0.321 e. The van der Waals surface area contributed by atoms with Crippen molar-refractivity contribution in [3.8, 4) is 0 Å². The van der Waals surface area contributed by atoms with Crippen LogP contribution in [0.25, 0.3) is 0 Å². The zero-order chi connectivity index (χ0) is 14.7. The monoisotopic (exact) mass is 399 g/mol. The number of rotatable bonds is 3. The number of para-hydroxylation sites is 1. The first-order valence-electron chi connectivity index (χ1n) is 6.37. The molecule has 0 heterocycles. The number of benzene rings is 2. The van der Waals surface area contributed by atoms with E-state index in [1.165, 1.54) is 0 Å². The van der Waals surface area contributed by atoms with Gasteiger partial charge < -0.3 is 5.32 Å². The molecule has 0 saturated heterocycles. The van der Waals surface area contributed by atoms with Gasteiger partial charge in [-0.2, -0.15) is 0 Å². The molecule has 0 unspecified atom stereocenters. The molecule has 2 aromatic carbocycles. The van der Waals surface area contributed by atoms with E-state index in [4.69, 9.17) is 11.6 Å². The fourth-order valence-corrected chi connectivity index (χ4v) is 2.75. The summed E-state index contributed by atoms with van der Waals surface area (Å²) in [6.45, 7) is 4.06. The Bertz CT molecular complexity index is 655. The van der Waals surface area contributed by atoms with Crippen molar-refractivity contribution in [1.82, 2.24) is 0 Å². The Hall–Kier alpha value is -1.07. The first-order valence-corrected chi connectivity index (χ1v) is 7.83. The first kappa shape index (κ1) is 15.3. The van der Waals surface area contributed by atoms with Gasteiger partial charge in [-0.25, -0.2) is 0 Å². The minimum atomic E-state index is -0.169. The maximum atomic E-state index is 12.4. The molecule has 0 spiro atoms. The number of aryl methyl sites for hydroxylation is 2. The average Bonchev–Trinajstić information content (AvgIpc) is 2.43. The third-order valence-electron chi connectivity index (χ3n) is 3.15. The molecule has 2 nitrogen and oxygen atoms in total. The molecule has 0 radical (unpaired) electrons. The van der Waals surface area contributed by atoms with Gasteiger partial charge in [0.1, 0.15) is 0 Å². The van der Waals surface area contributed by atoms with E-state index in [-0.39, 0.29) is 5.91 Å². The van der Waals surface area contributed by atoms with Gasteiger partial charge in [-0.3, -0.25) is 4.79 Å². The average molecular weight is 400 g/mol. The summed E-state index contributed by atoms with van der Waals surface area (Å²) in [6.07, 6.45) is 0.872. The molecule has 0 atom stereocenters. The molecule has 1 N–H and O–H groups in total. The summed E-state index contributed by atoms with van der Waals surface area (Å²) >= 11 is 8.28. The van der Waals surface area contributed by atoms with E-state index >= 15 is 0 Å². The largest absolute Gasteiger partial charge is 0.321 e. The van der Waals surface area contributed by atoms with Crippen molar-refractivity contribution in [3.05, 3.63) is 61.7 Å². The Morgan fingerprint density at radius 2 is 2.05 bits per heavy atom. The Morgan fingerprint density at radius 3 is 2.75 bits per heavy atom. The number of amides is 1. The number of carbonyl (C=O) groups is 1. The lowest BCUT2D eigenvalue weighted by Crippen LogP contribution is -2.15. The second-order valence-electron chi connectivity index (χ2n) is 4.54. The quantitative estimate of drug-likeness (QED) is 0.718. The zero-order valence-electron chi connectivity index (χ0n) is 11.3. The minimum absolute atomic E-state index is 0.169. The van der Waals surface area contributed by atoms with Crippen molar-refractivity contribution in [2.45, 2.75) is 20.3 Å². The summed E-state index contributed by atoms with van der Waals surface area (Å²) in [5.41, 5.74) is 3.57. The van der Waals surface area contributed by atoms with Gasteiger partial charge in [0.25, 0.3) is 5.91 Å². The van der Waals surface area contributed by atoms with Crippen LogP contribution in [-0.4, -0.2) is 5.91 Å². The van der Waals surface area contributed by atoms with Gasteiger partial charge in [0.15, 0.2) is 0 Å². The first-order chi connectivity index (χ1) is 9.52. The zero-order valence-corrected chi connectivity index (χ0v) is 14.2. The summed E-state index contributed by atoms with van der Waals surface area (Å²) in [7, 11) is 0. The molecule has 0 aliphatic heterocycles. The van der Waals surface area contributed by atoms with Crippen molar-refractivity contribution in [3.63, 3.8) is 0 Å². The van der Waals surface area contributed by atoms with Crippen LogP contribution < -0.4 is 5.32 Å². The Labute approximate surface area is 137 Å². The predicted octanol–water partition coefficient (Wildman–Crippen LogP) is 5.07. The van der Waals surface area contributed by atoms with E-state index in [1.807, 2.05) is 31.2 Å². The van der Waals surface area contributed by atoms with Gasteiger partial charge in [0, 0.05) is 9.26 Å². The second kappa shape index (κ2) is 6.59. The molecule has 1 amide bonds. The molecule has 4 heteroatoms. The Morgan fingerprint density at radius 1 is 1.30 bits per heavy atom. The van der Waals surface area contributed by atoms with Crippen LogP contribution >= 0.6 is 34.2 Å². The molecule has 0 fully saturated rings. The second-order valence-corrected chi connectivity index (χ2v) is 6.19. The maximum absolute atomic E-state index is 12.4. The van der Waals surface area contributed by atoms with Crippen LogP contribution in [0.3, 0.4) is 0 Å². The summed E-state index contributed by atoms with van der Waals surface area (Å²) in [5, 5.41) is 3.45. The normalized spacial score (nSPS) is 10.4. The maximum Gasteiger partial charge on any atom is 0.257 e.